The van der Waals surface area contributed by atoms with Gasteiger partial charge in [-0.05, 0) is 50.3 Å². The normalized spacial score (nSPS) is 18.3. The third kappa shape index (κ3) is 5.29. The Kier molecular flexibility index (Phi) is 7.78. The third-order valence-electron chi connectivity index (χ3n) is 7.14. The number of nitrogens with one attached hydrogen (secondary N) is 1. The molecule has 4 rings (SSSR count). The summed E-state index contributed by atoms with van der Waals surface area (Å²) in [6, 6.07) is 10.9. The first-order valence-corrected chi connectivity index (χ1v) is 12.6. The van der Waals surface area contributed by atoms with Crippen molar-refractivity contribution in [1.29, 1.82) is 0 Å². The molecule has 2 aliphatic heterocycles. The molecule has 37 heavy (non-hydrogen) atoms. The zero-order valence-corrected chi connectivity index (χ0v) is 21.8. The minimum absolute atomic E-state index is 0.208. The second-order valence-electron chi connectivity index (χ2n) is 9.40. The van der Waals surface area contributed by atoms with E-state index < -0.39 is 0 Å². The van der Waals surface area contributed by atoms with E-state index in [1.54, 1.807) is 0 Å². The molecule has 0 radical (unpaired) electrons. The fourth-order valence-corrected chi connectivity index (χ4v) is 4.89. The summed E-state index contributed by atoms with van der Waals surface area (Å²) in [5.74, 6) is 0.412. The lowest BCUT2D eigenvalue weighted by molar-refractivity contribution is 0.354. The van der Waals surface area contributed by atoms with E-state index >= 15 is 0 Å². The zero-order chi connectivity index (χ0) is 26.5. The monoisotopic (exact) mass is 493 g/mol. The second-order valence-corrected chi connectivity index (χ2v) is 9.40. The van der Waals surface area contributed by atoms with Crippen molar-refractivity contribution in [3.05, 3.63) is 84.2 Å². The highest BCUT2D eigenvalue weighted by Crippen LogP contribution is 2.35. The summed E-state index contributed by atoms with van der Waals surface area (Å²) < 4.78 is 2.10. The van der Waals surface area contributed by atoms with E-state index in [1.807, 2.05) is 26.0 Å². The van der Waals surface area contributed by atoms with Crippen molar-refractivity contribution in [2.45, 2.75) is 45.6 Å². The molecule has 2 aliphatic rings. The molecule has 7 heteroatoms. The van der Waals surface area contributed by atoms with E-state index in [9.17, 15) is 0 Å². The minimum atomic E-state index is 0.208. The van der Waals surface area contributed by atoms with Gasteiger partial charge in [-0.1, -0.05) is 56.5 Å². The van der Waals surface area contributed by atoms with Gasteiger partial charge in [0.1, 0.15) is 5.69 Å². The molecule has 7 nitrogen and oxygen atoms in total. The van der Waals surface area contributed by atoms with Gasteiger partial charge in [0.15, 0.2) is 5.84 Å². The summed E-state index contributed by atoms with van der Waals surface area (Å²) in [7, 11) is 0. The SMILES string of the molecule is C#C/N=C(Cc1ccc(-c2nn([C@@H]3CCCN(C(=C)C=C)CC3)c3c2C(N)=NNC3=C)cc1)\C(C)=C/C. The Labute approximate surface area is 219 Å². The summed E-state index contributed by atoms with van der Waals surface area (Å²) in [5, 5.41) is 9.40. The number of benzene rings is 1. The summed E-state index contributed by atoms with van der Waals surface area (Å²) in [5.41, 5.74) is 17.6. The predicted molar refractivity (Wildman–Crippen MR) is 154 cm³/mol. The van der Waals surface area contributed by atoms with Crippen LogP contribution in [0.4, 0.5) is 0 Å². The number of aliphatic imine (C=N–C) groups is 1. The van der Waals surface area contributed by atoms with Gasteiger partial charge in [0.25, 0.3) is 0 Å². The Bertz CT molecular complexity index is 1350. The maximum Gasteiger partial charge on any atom is 0.155 e. The molecule has 1 fully saturated rings. The molecule has 1 atom stereocenters. The lowest BCUT2D eigenvalue weighted by Gasteiger charge is -2.23. The molecule has 1 saturated heterocycles. The van der Waals surface area contributed by atoms with Gasteiger partial charge in [0.2, 0.25) is 0 Å². The van der Waals surface area contributed by atoms with Crippen LogP contribution in [0.1, 0.15) is 56.0 Å². The van der Waals surface area contributed by atoms with Crippen molar-refractivity contribution >= 4 is 17.2 Å². The number of amidine groups is 1. The summed E-state index contributed by atoms with van der Waals surface area (Å²) in [4.78, 5) is 6.52. The van der Waals surface area contributed by atoms with Gasteiger partial charge in [-0.25, -0.2) is 4.99 Å². The molecule has 3 heterocycles. The van der Waals surface area contributed by atoms with Gasteiger partial charge < -0.3 is 10.6 Å². The average Bonchev–Trinajstić information content (AvgIpc) is 3.16. The highest BCUT2D eigenvalue weighted by molar-refractivity contribution is 6.07. The molecular weight excluding hydrogens is 458 g/mol. The van der Waals surface area contributed by atoms with Crippen LogP contribution in [0.15, 0.2) is 77.5 Å². The van der Waals surface area contributed by atoms with Gasteiger partial charge in [0.05, 0.1) is 28.7 Å². The van der Waals surface area contributed by atoms with Crippen molar-refractivity contribution in [2.24, 2.45) is 15.8 Å². The van der Waals surface area contributed by atoms with E-state index in [4.69, 9.17) is 17.3 Å². The maximum absolute atomic E-state index is 6.40. The van der Waals surface area contributed by atoms with Gasteiger partial charge in [-0.15, -0.1) is 0 Å². The number of fused-ring (bicyclic) bond motifs is 1. The van der Waals surface area contributed by atoms with E-state index in [-0.39, 0.29) is 6.04 Å². The van der Waals surface area contributed by atoms with Gasteiger partial charge >= 0.3 is 0 Å². The lowest BCUT2D eigenvalue weighted by atomic mass is 9.98. The van der Waals surface area contributed by atoms with Crippen molar-refractivity contribution < 1.29 is 0 Å². The predicted octanol–water partition coefficient (Wildman–Crippen LogP) is 5.01. The van der Waals surface area contributed by atoms with Crippen molar-refractivity contribution in [1.82, 2.24) is 20.1 Å². The highest BCUT2D eigenvalue weighted by atomic mass is 15.4. The zero-order valence-electron chi connectivity index (χ0n) is 21.8. The third-order valence-corrected chi connectivity index (χ3v) is 7.14. The van der Waals surface area contributed by atoms with Crippen LogP contribution < -0.4 is 11.2 Å². The molecule has 0 bridgehead atoms. The van der Waals surface area contributed by atoms with E-state index in [0.717, 1.165) is 77.4 Å². The van der Waals surface area contributed by atoms with E-state index in [1.165, 1.54) is 0 Å². The van der Waals surface area contributed by atoms with Crippen LogP contribution in [0.3, 0.4) is 0 Å². The minimum Gasteiger partial charge on any atom is -0.382 e. The van der Waals surface area contributed by atoms with E-state index in [2.05, 4.69) is 75.1 Å². The van der Waals surface area contributed by atoms with Gasteiger partial charge in [0, 0.05) is 36.8 Å². The van der Waals surface area contributed by atoms with Crippen LogP contribution in [-0.4, -0.2) is 39.3 Å². The van der Waals surface area contributed by atoms with Crippen molar-refractivity contribution in [2.75, 3.05) is 13.1 Å². The first-order chi connectivity index (χ1) is 17.9. The quantitative estimate of drug-likeness (QED) is 0.323. The molecule has 0 saturated carbocycles. The number of rotatable bonds is 7. The Morgan fingerprint density at radius 1 is 1.30 bits per heavy atom. The lowest BCUT2D eigenvalue weighted by Crippen LogP contribution is -2.27. The van der Waals surface area contributed by atoms with Crippen LogP contribution in [0.2, 0.25) is 0 Å². The number of aromatic nitrogens is 2. The molecule has 190 valence electrons. The van der Waals surface area contributed by atoms with Crippen molar-refractivity contribution in [3.8, 4) is 23.7 Å². The molecule has 0 aliphatic carbocycles. The topological polar surface area (TPSA) is 83.8 Å². The van der Waals surface area contributed by atoms with Crippen LogP contribution in [0.25, 0.3) is 17.0 Å². The first-order valence-electron chi connectivity index (χ1n) is 12.6. The molecule has 3 N–H and O–H groups in total. The van der Waals surface area contributed by atoms with Gasteiger partial charge in [-0.2, -0.15) is 10.2 Å². The largest absolute Gasteiger partial charge is 0.382 e. The van der Waals surface area contributed by atoms with Crippen LogP contribution >= 0.6 is 0 Å². The summed E-state index contributed by atoms with van der Waals surface area (Å²) >= 11 is 0. The van der Waals surface area contributed by atoms with E-state index in [0.29, 0.717) is 18.0 Å². The highest BCUT2D eigenvalue weighted by Gasteiger charge is 2.30. The number of hydrogen-bond acceptors (Lipinski definition) is 6. The number of allylic oxidation sites excluding steroid dienone is 3. The number of nitrogens with two attached hydrogens (primary N) is 1. The summed E-state index contributed by atoms with van der Waals surface area (Å²) in [6.45, 7) is 18.1. The van der Waals surface area contributed by atoms with Crippen LogP contribution in [0, 0.1) is 12.5 Å². The Hall–Kier alpha value is -4.31. The average molecular weight is 494 g/mol. The standard InChI is InChI=1S/C30H35N7/c1-7-20(4)26(32-9-3)19-23-12-14-24(15-13-23)28-27-29(22(6)33-34-30(27)31)37(35-28)25-11-10-17-36(18-16-25)21(5)8-2/h3,7-8,12-15,25,33H,2,5-6,10-11,16-19H2,1,4H3,(H2,31,34)/b20-7-,32-26-/t25-/m1/s1. The number of likely N-dealkylation sites (tertiary alicyclic amines) is 1. The maximum atomic E-state index is 6.40. The Morgan fingerprint density at radius 3 is 2.73 bits per heavy atom. The fraction of sp³-hybridized carbons (Fsp3) is 0.300. The van der Waals surface area contributed by atoms with Crippen LogP contribution in [-0.2, 0) is 6.42 Å². The molecular formula is C30H35N7. The van der Waals surface area contributed by atoms with Gasteiger partial charge in [-0.3, -0.25) is 10.1 Å². The number of hydrogen-bond donors (Lipinski definition) is 2. The fourth-order valence-electron chi connectivity index (χ4n) is 4.89. The first kappa shape index (κ1) is 25.8. The molecule has 1 aromatic carbocycles. The molecule has 1 aromatic heterocycles. The Morgan fingerprint density at radius 2 is 2.05 bits per heavy atom. The molecule has 0 spiro atoms. The Balaban J connectivity index is 1.69. The number of terminal acetylenes is 1. The number of nitrogens with zero attached hydrogens (tertiary/aromatic N) is 5. The summed E-state index contributed by atoms with van der Waals surface area (Å²) in [6.07, 6.45) is 12.9. The van der Waals surface area contributed by atoms with Crippen molar-refractivity contribution in [3.63, 3.8) is 0 Å². The smallest absolute Gasteiger partial charge is 0.155 e. The molecule has 2 aromatic rings. The molecule has 0 unspecified atom stereocenters. The second kappa shape index (κ2) is 11.2. The number of hydrazone groups is 1. The molecule has 0 amide bonds. The van der Waals surface area contributed by atoms with Crippen LogP contribution in [0.5, 0.6) is 0 Å².